The monoisotopic (exact) mass is 189 g/mol. The third-order valence-corrected chi connectivity index (χ3v) is 3.12. The van der Waals surface area contributed by atoms with Crippen molar-refractivity contribution in [1.29, 1.82) is 0 Å². The van der Waals surface area contributed by atoms with Gasteiger partial charge in [0.2, 0.25) is 0 Å². The predicted molar refractivity (Wildman–Crippen MR) is 60.5 cm³/mol. The van der Waals surface area contributed by atoms with Crippen molar-refractivity contribution in [3.05, 3.63) is 34.9 Å². The number of nitrogens with one attached hydrogen (secondary N) is 1. The molecule has 1 fully saturated rings. The molecule has 1 heteroatoms. The molecule has 76 valence electrons. The Balaban J connectivity index is 2.24. The Morgan fingerprint density at radius 3 is 2.79 bits per heavy atom. The number of hydrogen-bond acceptors (Lipinski definition) is 1. The molecule has 0 radical (unpaired) electrons. The Hall–Kier alpha value is -0.820. The van der Waals surface area contributed by atoms with Crippen LogP contribution in [-0.4, -0.2) is 6.54 Å². The molecule has 1 aliphatic heterocycles. The molecule has 0 aromatic heterocycles. The van der Waals surface area contributed by atoms with Crippen LogP contribution >= 0.6 is 0 Å². The Labute approximate surface area is 86.5 Å². The van der Waals surface area contributed by atoms with Gasteiger partial charge in [-0.15, -0.1) is 0 Å². The van der Waals surface area contributed by atoms with Crippen molar-refractivity contribution in [3.63, 3.8) is 0 Å². The van der Waals surface area contributed by atoms with Crippen molar-refractivity contribution in [3.8, 4) is 0 Å². The fourth-order valence-corrected chi connectivity index (χ4v) is 2.25. The van der Waals surface area contributed by atoms with Crippen molar-refractivity contribution in [2.75, 3.05) is 6.54 Å². The summed E-state index contributed by atoms with van der Waals surface area (Å²) in [5, 5.41) is 3.60. The fourth-order valence-electron chi connectivity index (χ4n) is 2.25. The molecule has 0 amide bonds. The van der Waals surface area contributed by atoms with E-state index in [0.29, 0.717) is 6.04 Å². The van der Waals surface area contributed by atoms with Crippen molar-refractivity contribution < 1.29 is 0 Å². The van der Waals surface area contributed by atoms with Gasteiger partial charge in [-0.05, 0) is 44.4 Å². The first-order chi connectivity index (χ1) is 6.77. The molecular weight excluding hydrogens is 170 g/mol. The van der Waals surface area contributed by atoms with Crippen LogP contribution in [0.1, 0.15) is 42.0 Å². The normalized spacial score (nSPS) is 22.3. The van der Waals surface area contributed by atoms with Crippen LogP contribution in [0.2, 0.25) is 0 Å². The summed E-state index contributed by atoms with van der Waals surface area (Å²) in [7, 11) is 0. The molecule has 0 bridgehead atoms. The van der Waals surface area contributed by atoms with Crippen molar-refractivity contribution in [1.82, 2.24) is 5.32 Å². The maximum Gasteiger partial charge on any atom is 0.0322 e. The number of aryl methyl sites for hydroxylation is 2. The molecule has 1 aromatic carbocycles. The first-order valence-corrected chi connectivity index (χ1v) is 5.58. The molecule has 0 spiro atoms. The summed E-state index contributed by atoms with van der Waals surface area (Å²) in [6, 6.07) is 7.37. The highest BCUT2D eigenvalue weighted by atomic mass is 14.9. The quantitative estimate of drug-likeness (QED) is 0.715. The van der Waals surface area contributed by atoms with Crippen LogP contribution < -0.4 is 5.32 Å². The van der Waals surface area contributed by atoms with E-state index in [1.807, 2.05) is 0 Å². The zero-order chi connectivity index (χ0) is 9.97. The summed E-state index contributed by atoms with van der Waals surface area (Å²) >= 11 is 0. The van der Waals surface area contributed by atoms with E-state index in [9.17, 15) is 0 Å². The van der Waals surface area contributed by atoms with Crippen LogP contribution in [0.15, 0.2) is 18.2 Å². The van der Waals surface area contributed by atoms with Gasteiger partial charge in [-0.3, -0.25) is 0 Å². The van der Waals surface area contributed by atoms with E-state index < -0.39 is 0 Å². The molecule has 1 aromatic rings. The summed E-state index contributed by atoms with van der Waals surface area (Å²) in [6.45, 7) is 5.56. The lowest BCUT2D eigenvalue weighted by molar-refractivity contribution is 0.411. The Morgan fingerprint density at radius 2 is 2.07 bits per heavy atom. The van der Waals surface area contributed by atoms with Gasteiger partial charge in [-0.2, -0.15) is 0 Å². The van der Waals surface area contributed by atoms with Gasteiger partial charge in [0, 0.05) is 6.04 Å². The predicted octanol–water partition coefficient (Wildman–Crippen LogP) is 3.12. The van der Waals surface area contributed by atoms with Gasteiger partial charge in [0.25, 0.3) is 0 Å². The summed E-state index contributed by atoms with van der Waals surface area (Å²) in [5.41, 5.74) is 4.30. The molecule has 1 N–H and O–H groups in total. The number of hydrogen-bond donors (Lipinski definition) is 1. The van der Waals surface area contributed by atoms with Crippen molar-refractivity contribution in [2.45, 2.75) is 39.2 Å². The van der Waals surface area contributed by atoms with E-state index in [-0.39, 0.29) is 0 Å². The molecule has 1 heterocycles. The largest absolute Gasteiger partial charge is 0.310 e. The summed E-state index contributed by atoms with van der Waals surface area (Å²) in [6.07, 6.45) is 4.00. The topological polar surface area (TPSA) is 12.0 Å². The van der Waals surface area contributed by atoms with Gasteiger partial charge in [0.15, 0.2) is 0 Å². The Morgan fingerprint density at radius 1 is 1.21 bits per heavy atom. The van der Waals surface area contributed by atoms with Crippen LogP contribution in [-0.2, 0) is 0 Å². The van der Waals surface area contributed by atoms with E-state index in [4.69, 9.17) is 0 Å². The third kappa shape index (κ3) is 1.98. The molecule has 0 aliphatic carbocycles. The maximum absolute atomic E-state index is 3.60. The average Bonchev–Trinajstić information content (AvgIpc) is 2.23. The highest BCUT2D eigenvalue weighted by Gasteiger charge is 2.15. The molecule has 1 nitrogen and oxygen atoms in total. The van der Waals surface area contributed by atoms with E-state index in [1.165, 1.54) is 42.5 Å². The SMILES string of the molecule is Cc1ccc(C)c(C2CCCCN2)c1. The minimum absolute atomic E-state index is 0.601. The van der Waals surface area contributed by atoms with E-state index >= 15 is 0 Å². The molecule has 1 aliphatic rings. The molecule has 1 unspecified atom stereocenters. The van der Waals surface area contributed by atoms with Crippen LogP contribution in [0.3, 0.4) is 0 Å². The Bertz CT molecular complexity index is 311. The smallest absolute Gasteiger partial charge is 0.0322 e. The second-order valence-corrected chi connectivity index (χ2v) is 4.36. The van der Waals surface area contributed by atoms with Gasteiger partial charge in [-0.1, -0.05) is 30.2 Å². The van der Waals surface area contributed by atoms with E-state index in [1.54, 1.807) is 0 Å². The third-order valence-electron chi connectivity index (χ3n) is 3.12. The van der Waals surface area contributed by atoms with E-state index in [2.05, 4.69) is 37.4 Å². The zero-order valence-corrected chi connectivity index (χ0v) is 9.14. The Kier molecular flexibility index (Phi) is 2.87. The van der Waals surface area contributed by atoms with Gasteiger partial charge in [0.1, 0.15) is 0 Å². The standard InChI is InChI=1S/C13H19N/c1-10-6-7-11(2)12(9-10)13-5-3-4-8-14-13/h6-7,9,13-14H,3-5,8H2,1-2H3. The van der Waals surface area contributed by atoms with Crippen LogP contribution in [0.5, 0.6) is 0 Å². The highest BCUT2D eigenvalue weighted by Crippen LogP contribution is 2.26. The first kappa shape index (κ1) is 9.72. The zero-order valence-electron chi connectivity index (χ0n) is 9.14. The van der Waals surface area contributed by atoms with E-state index in [0.717, 1.165) is 0 Å². The first-order valence-electron chi connectivity index (χ1n) is 5.58. The highest BCUT2D eigenvalue weighted by molar-refractivity contribution is 5.33. The van der Waals surface area contributed by atoms with Crippen molar-refractivity contribution >= 4 is 0 Å². The summed E-state index contributed by atoms with van der Waals surface area (Å²) in [4.78, 5) is 0. The maximum atomic E-state index is 3.60. The minimum Gasteiger partial charge on any atom is -0.310 e. The second kappa shape index (κ2) is 4.14. The molecule has 2 rings (SSSR count). The summed E-state index contributed by atoms with van der Waals surface area (Å²) in [5.74, 6) is 0. The van der Waals surface area contributed by atoms with Crippen molar-refractivity contribution in [2.24, 2.45) is 0 Å². The summed E-state index contributed by atoms with van der Waals surface area (Å²) < 4.78 is 0. The van der Waals surface area contributed by atoms with Gasteiger partial charge < -0.3 is 5.32 Å². The molecular formula is C13H19N. The van der Waals surface area contributed by atoms with Crippen LogP contribution in [0, 0.1) is 13.8 Å². The molecule has 1 atom stereocenters. The fraction of sp³-hybridized carbons (Fsp3) is 0.538. The van der Waals surface area contributed by atoms with Crippen LogP contribution in [0.4, 0.5) is 0 Å². The van der Waals surface area contributed by atoms with Gasteiger partial charge in [-0.25, -0.2) is 0 Å². The second-order valence-electron chi connectivity index (χ2n) is 4.36. The van der Waals surface area contributed by atoms with Gasteiger partial charge in [0.05, 0.1) is 0 Å². The number of benzene rings is 1. The minimum atomic E-state index is 0.601. The lowest BCUT2D eigenvalue weighted by atomic mass is 9.93. The molecule has 14 heavy (non-hydrogen) atoms. The van der Waals surface area contributed by atoms with Gasteiger partial charge >= 0.3 is 0 Å². The number of rotatable bonds is 1. The van der Waals surface area contributed by atoms with Crippen LogP contribution in [0.25, 0.3) is 0 Å². The lowest BCUT2D eigenvalue weighted by Crippen LogP contribution is -2.27. The molecule has 1 saturated heterocycles. The number of piperidine rings is 1. The lowest BCUT2D eigenvalue weighted by Gasteiger charge is -2.25. The average molecular weight is 189 g/mol. The molecule has 0 saturated carbocycles.